The summed E-state index contributed by atoms with van der Waals surface area (Å²) in [6, 6.07) is 0. The van der Waals surface area contributed by atoms with E-state index in [9.17, 15) is 4.79 Å². The second-order valence-electron chi connectivity index (χ2n) is 5.11. The van der Waals surface area contributed by atoms with Gasteiger partial charge in [0.15, 0.2) is 0 Å². The molecule has 0 spiro atoms. The van der Waals surface area contributed by atoms with E-state index in [4.69, 9.17) is 11.6 Å². The minimum Gasteiger partial charge on any atom is -0.342 e. The van der Waals surface area contributed by atoms with Gasteiger partial charge >= 0.3 is 0 Å². The number of rotatable bonds is 6. The third-order valence-electron chi connectivity index (χ3n) is 3.82. The molecule has 1 aliphatic heterocycles. The molecule has 8 heteroatoms. The van der Waals surface area contributed by atoms with E-state index in [1.54, 1.807) is 0 Å². The fourth-order valence-electron chi connectivity index (χ4n) is 2.48. The second kappa shape index (κ2) is 8.03. The van der Waals surface area contributed by atoms with E-state index < -0.39 is 0 Å². The predicted octanol–water partition coefficient (Wildman–Crippen LogP) is 1.18. The highest BCUT2D eigenvalue weighted by molar-refractivity contribution is 7.10. The average Bonchev–Trinajstić information content (AvgIpc) is 2.88. The Morgan fingerprint density at radius 1 is 1.24 bits per heavy atom. The van der Waals surface area contributed by atoms with Crippen LogP contribution in [-0.4, -0.2) is 76.0 Å². The summed E-state index contributed by atoms with van der Waals surface area (Å²) in [7, 11) is 0. The fraction of sp³-hybridized carbons (Fsp3) is 0.769. The van der Waals surface area contributed by atoms with Gasteiger partial charge in [0, 0.05) is 57.3 Å². The van der Waals surface area contributed by atoms with Crippen molar-refractivity contribution in [3.63, 3.8) is 0 Å². The van der Waals surface area contributed by atoms with Crippen molar-refractivity contribution >= 4 is 29.0 Å². The molecule has 21 heavy (non-hydrogen) atoms. The Morgan fingerprint density at radius 3 is 2.38 bits per heavy atom. The Labute approximate surface area is 134 Å². The van der Waals surface area contributed by atoms with Crippen molar-refractivity contribution < 1.29 is 4.79 Å². The van der Waals surface area contributed by atoms with E-state index in [1.165, 1.54) is 11.5 Å². The third-order valence-corrected chi connectivity index (χ3v) is 4.81. The number of nitrogens with zero attached hydrogens (tertiary/aromatic N) is 5. The number of halogens is 1. The average molecular weight is 332 g/mol. The van der Waals surface area contributed by atoms with Gasteiger partial charge in [0.2, 0.25) is 5.91 Å². The van der Waals surface area contributed by atoms with Crippen LogP contribution in [0, 0.1) is 0 Å². The van der Waals surface area contributed by atoms with Crippen molar-refractivity contribution in [2.75, 3.05) is 45.8 Å². The van der Waals surface area contributed by atoms with Gasteiger partial charge in [0.25, 0.3) is 0 Å². The Kier molecular flexibility index (Phi) is 6.35. The minimum absolute atomic E-state index is 0.222. The molecule has 0 bridgehead atoms. The largest absolute Gasteiger partial charge is 0.342 e. The normalized spacial score (nSPS) is 17.1. The fourth-order valence-corrected chi connectivity index (χ4v) is 3.09. The maximum atomic E-state index is 12.1. The van der Waals surface area contributed by atoms with Crippen LogP contribution in [0.1, 0.15) is 19.5 Å². The van der Waals surface area contributed by atoms with Crippen LogP contribution in [0.3, 0.4) is 0 Å². The monoisotopic (exact) mass is 331 g/mol. The quantitative estimate of drug-likeness (QED) is 0.783. The molecule has 1 saturated heterocycles. The molecular formula is C13H22ClN5OS. The molecule has 118 valence electrons. The lowest BCUT2D eigenvalue weighted by atomic mass is 10.3. The number of likely N-dealkylation sites (N-methyl/N-ethyl adjacent to an activating group) is 1. The molecule has 0 aromatic carbocycles. The number of aromatic nitrogens is 2. The molecular weight excluding hydrogens is 310 g/mol. The molecule has 1 aromatic heterocycles. The lowest BCUT2D eigenvalue weighted by Gasteiger charge is -2.34. The van der Waals surface area contributed by atoms with Gasteiger partial charge in [-0.25, -0.2) is 0 Å². The summed E-state index contributed by atoms with van der Waals surface area (Å²) < 4.78 is 4.53. The first-order chi connectivity index (χ1) is 10.1. The zero-order chi connectivity index (χ0) is 15.2. The number of hydrogen-bond acceptors (Lipinski definition) is 6. The highest BCUT2D eigenvalue weighted by Gasteiger charge is 2.21. The lowest BCUT2D eigenvalue weighted by molar-refractivity contribution is -0.132. The van der Waals surface area contributed by atoms with Crippen molar-refractivity contribution in [3.8, 4) is 0 Å². The van der Waals surface area contributed by atoms with Gasteiger partial charge in [-0.05, 0) is 13.8 Å². The Morgan fingerprint density at radius 2 is 1.86 bits per heavy atom. The molecule has 1 amide bonds. The number of hydrogen-bond donors (Lipinski definition) is 0. The Hall–Kier alpha value is -0.760. The van der Waals surface area contributed by atoms with Crippen LogP contribution in [0.25, 0.3) is 0 Å². The molecule has 0 saturated carbocycles. The van der Waals surface area contributed by atoms with Crippen LogP contribution < -0.4 is 0 Å². The van der Waals surface area contributed by atoms with Gasteiger partial charge in [-0.1, -0.05) is 16.1 Å². The predicted molar refractivity (Wildman–Crippen MR) is 84.6 cm³/mol. The molecule has 0 atom stereocenters. The van der Waals surface area contributed by atoms with Crippen LogP contribution >= 0.6 is 23.1 Å². The number of carbonyl (C=O) groups excluding carboxylic acids is 1. The summed E-state index contributed by atoms with van der Waals surface area (Å²) in [4.78, 5) is 18.5. The maximum Gasteiger partial charge on any atom is 0.236 e. The van der Waals surface area contributed by atoms with E-state index in [2.05, 4.69) is 19.4 Å². The molecule has 2 heterocycles. The molecule has 1 aromatic rings. The van der Waals surface area contributed by atoms with Crippen LogP contribution in [-0.2, 0) is 11.3 Å². The maximum absolute atomic E-state index is 12.1. The molecule has 1 aliphatic rings. The van der Waals surface area contributed by atoms with Gasteiger partial charge in [0.1, 0.15) is 10.0 Å². The summed E-state index contributed by atoms with van der Waals surface area (Å²) in [5.41, 5.74) is 0.856. The van der Waals surface area contributed by atoms with Gasteiger partial charge < -0.3 is 4.90 Å². The van der Waals surface area contributed by atoms with E-state index >= 15 is 0 Å². The molecule has 0 aliphatic carbocycles. The van der Waals surface area contributed by atoms with E-state index in [1.807, 2.05) is 18.7 Å². The van der Waals surface area contributed by atoms with Crippen LogP contribution in [0.4, 0.5) is 0 Å². The molecule has 2 rings (SSSR count). The molecule has 6 nitrogen and oxygen atoms in total. The lowest BCUT2D eigenvalue weighted by Crippen LogP contribution is -2.49. The first kappa shape index (κ1) is 16.6. The van der Waals surface area contributed by atoms with Gasteiger partial charge in [-0.15, -0.1) is 5.10 Å². The summed E-state index contributed by atoms with van der Waals surface area (Å²) >= 11 is 7.26. The summed E-state index contributed by atoms with van der Waals surface area (Å²) in [6.45, 7) is 10.5. The van der Waals surface area contributed by atoms with Crippen molar-refractivity contribution in [1.82, 2.24) is 24.3 Å². The van der Waals surface area contributed by atoms with E-state index in [0.29, 0.717) is 10.9 Å². The van der Waals surface area contributed by atoms with Crippen molar-refractivity contribution in [3.05, 3.63) is 10.0 Å². The van der Waals surface area contributed by atoms with Crippen LogP contribution in [0.2, 0.25) is 4.34 Å². The molecule has 0 radical (unpaired) electrons. The van der Waals surface area contributed by atoms with Crippen molar-refractivity contribution in [1.29, 1.82) is 0 Å². The Bertz CT molecular complexity index is 457. The molecule has 0 N–H and O–H groups in total. The summed E-state index contributed by atoms with van der Waals surface area (Å²) in [6.07, 6.45) is 0. The number of carbonyl (C=O) groups is 1. The molecule has 0 unspecified atom stereocenters. The summed E-state index contributed by atoms with van der Waals surface area (Å²) in [5.74, 6) is 0.222. The van der Waals surface area contributed by atoms with Gasteiger partial charge in [-0.2, -0.15) is 0 Å². The van der Waals surface area contributed by atoms with Gasteiger partial charge in [0.05, 0.1) is 6.54 Å². The second-order valence-corrected chi connectivity index (χ2v) is 6.47. The topological polar surface area (TPSA) is 52.6 Å². The highest BCUT2D eigenvalue weighted by Crippen LogP contribution is 2.19. The third kappa shape index (κ3) is 4.60. The molecule has 1 fully saturated rings. The van der Waals surface area contributed by atoms with Crippen molar-refractivity contribution in [2.24, 2.45) is 0 Å². The first-order valence-electron chi connectivity index (χ1n) is 7.33. The van der Waals surface area contributed by atoms with E-state index in [-0.39, 0.29) is 5.91 Å². The standard InChI is InChI=1S/C13H22ClN5OS/c1-3-19(4-2)12(20)10-18-7-5-17(6-8-18)9-11-13(14)21-16-15-11/h3-10H2,1-2H3. The number of piperazine rings is 1. The zero-order valence-electron chi connectivity index (χ0n) is 12.6. The SMILES string of the molecule is CCN(CC)C(=O)CN1CCN(Cc2nnsc2Cl)CC1. The number of amides is 1. The van der Waals surface area contributed by atoms with Crippen LogP contribution in [0.15, 0.2) is 0 Å². The smallest absolute Gasteiger partial charge is 0.236 e. The minimum atomic E-state index is 0.222. The highest BCUT2D eigenvalue weighted by atomic mass is 35.5. The zero-order valence-corrected chi connectivity index (χ0v) is 14.2. The van der Waals surface area contributed by atoms with Gasteiger partial charge in [-0.3, -0.25) is 14.6 Å². The van der Waals surface area contributed by atoms with Crippen LogP contribution in [0.5, 0.6) is 0 Å². The first-order valence-corrected chi connectivity index (χ1v) is 8.48. The summed E-state index contributed by atoms with van der Waals surface area (Å²) in [5, 5.41) is 4.04. The van der Waals surface area contributed by atoms with Crippen molar-refractivity contribution in [2.45, 2.75) is 20.4 Å². The van der Waals surface area contributed by atoms with E-state index in [0.717, 1.165) is 51.5 Å². The Balaban J connectivity index is 1.75.